The Labute approximate surface area is 179 Å². The summed E-state index contributed by atoms with van der Waals surface area (Å²) in [6.45, 7) is 0.903. The molecule has 0 spiro atoms. The van der Waals surface area contributed by atoms with Crippen molar-refractivity contribution in [3.8, 4) is 0 Å². The van der Waals surface area contributed by atoms with Crippen LogP contribution in [0.15, 0.2) is 47.4 Å². The Morgan fingerprint density at radius 1 is 0.966 bits per heavy atom. The highest BCUT2D eigenvalue weighted by Gasteiger charge is 2.28. The molecule has 3 rings (SSSR count). The third-order valence-electron chi connectivity index (χ3n) is 4.48. The van der Waals surface area contributed by atoms with Crippen LogP contribution in [0.25, 0.3) is 0 Å². The quantitative estimate of drug-likeness (QED) is 0.677. The summed E-state index contributed by atoms with van der Waals surface area (Å²) in [7, 11) is -3.69. The second-order valence-electron chi connectivity index (χ2n) is 6.56. The van der Waals surface area contributed by atoms with Gasteiger partial charge in [0.1, 0.15) is 0 Å². The van der Waals surface area contributed by atoms with Crippen molar-refractivity contribution in [1.82, 2.24) is 15.2 Å². The first kappa shape index (κ1) is 21.6. The monoisotopic (exact) mass is 455 g/mol. The van der Waals surface area contributed by atoms with E-state index in [4.69, 9.17) is 23.2 Å². The number of carbonyl (C=O) groups excluding carboxylic acids is 2. The molecule has 0 atom stereocenters. The first-order valence-corrected chi connectivity index (χ1v) is 11.1. The van der Waals surface area contributed by atoms with Crippen molar-refractivity contribution in [2.75, 3.05) is 13.1 Å². The summed E-state index contributed by atoms with van der Waals surface area (Å²) >= 11 is 11.9. The van der Waals surface area contributed by atoms with E-state index in [2.05, 4.69) is 10.9 Å². The van der Waals surface area contributed by atoms with E-state index in [1.807, 2.05) is 0 Å². The fourth-order valence-electron chi connectivity index (χ4n) is 2.94. The van der Waals surface area contributed by atoms with E-state index >= 15 is 0 Å². The normalized spacial score (nSPS) is 14.6. The molecule has 2 aromatic carbocycles. The number of benzene rings is 2. The van der Waals surface area contributed by atoms with Crippen molar-refractivity contribution < 1.29 is 18.0 Å². The Bertz CT molecular complexity index is 1020. The summed E-state index contributed by atoms with van der Waals surface area (Å²) in [5.41, 5.74) is 5.23. The molecule has 0 bridgehead atoms. The summed E-state index contributed by atoms with van der Waals surface area (Å²) in [5.74, 6) is -1.16. The second-order valence-corrected chi connectivity index (χ2v) is 9.34. The largest absolute Gasteiger partial charge is 0.273 e. The van der Waals surface area contributed by atoms with Crippen LogP contribution in [0.1, 0.15) is 28.8 Å². The first-order chi connectivity index (χ1) is 13.8. The maximum absolute atomic E-state index is 12.7. The van der Waals surface area contributed by atoms with Crippen molar-refractivity contribution >= 4 is 45.0 Å². The third-order valence-corrected chi connectivity index (χ3v) is 6.95. The van der Waals surface area contributed by atoms with Gasteiger partial charge in [0.2, 0.25) is 15.9 Å². The lowest BCUT2D eigenvalue weighted by Crippen LogP contribution is -2.42. The van der Waals surface area contributed by atoms with Crippen LogP contribution in [-0.4, -0.2) is 37.6 Å². The minimum Gasteiger partial charge on any atom is -0.273 e. The minimum atomic E-state index is -3.69. The molecule has 1 aliphatic heterocycles. The molecule has 1 aliphatic rings. The minimum absolute atomic E-state index is 0.0126. The van der Waals surface area contributed by atoms with E-state index < -0.39 is 21.8 Å². The second kappa shape index (κ2) is 9.13. The van der Waals surface area contributed by atoms with Crippen molar-refractivity contribution in [3.63, 3.8) is 0 Å². The molecule has 0 radical (unpaired) electrons. The van der Waals surface area contributed by atoms with Gasteiger partial charge in [-0.25, -0.2) is 8.42 Å². The summed E-state index contributed by atoms with van der Waals surface area (Å²) in [4.78, 5) is 24.4. The Morgan fingerprint density at radius 3 is 2.28 bits per heavy atom. The van der Waals surface area contributed by atoms with Gasteiger partial charge in [0, 0.05) is 18.1 Å². The molecule has 0 unspecified atom stereocenters. The van der Waals surface area contributed by atoms with E-state index in [0.717, 1.165) is 18.4 Å². The van der Waals surface area contributed by atoms with Crippen LogP contribution in [0.2, 0.25) is 10.0 Å². The smallest absolute Gasteiger partial charge is 0.271 e. The van der Waals surface area contributed by atoms with Gasteiger partial charge in [0.05, 0.1) is 21.9 Å². The molecule has 2 N–H and O–H groups in total. The number of rotatable bonds is 5. The van der Waals surface area contributed by atoms with Gasteiger partial charge in [-0.1, -0.05) is 35.3 Å². The average molecular weight is 456 g/mol. The Morgan fingerprint density at radius 2 is 1.62 bits per heavy atom. The van der Waals surface area contributed by atoms with Crippen LogP contribution in [0, 0.1) is 0 Å². The zero-order valence-electron chi connectivity index (χ0n) is 15.3. The topological polar surface area (TPSA) is 95.6 Å². The molecule has 1 heterocycles. The average Bonchev–Trinajstić information content (AvgIpc) is 3.24. The van der Waals surface area contributed by atoms with Crippen LogP contribution in [0.3, 0.4) is 0 Å². The highest BCUT2D eigenvalue weighted by molar-refractivity contribution is 7.89. The first-order valence-electron chi connectivity index (χ1n) is 8.91. The van der Waals surface area contributed by atoms with Gasteiger partial charge >= 0.3 is 0 Å². The molecule has 1 fully saturated rings. The highest BCUT2D eigenvalue weighted by atomic mass is 35.5. The SMILES string of the molecule is O=C(Cc1ccc(Cl)cc1)NNC(=O)c1cc(S(=O)(=O)N2CCCC2)ccc1Cl. The number of hydrogen-bond acceptors (Lipinski definition) is 4. The number of hydrazine groups is 1. The molecule has 0 aromatic heterocycles. The van der Waals surface area contributed by atoms with Gasteiger partial charge < -0.3 is 0 Å². The number of nitrogens with zero attached hydrogens (tertiary/aromatic N) is 1. The molecular weight excluding hydrogens is 437 g/mol. The van der Waals surface area contributed by atoms with Crippen molar-refractivity contribution in [3.05, 3.63) is 63.6 Å². The molecular formula is C19H19Cl2N3O4S. The van der Waals surface area contributed by atoms with E-state index in [1.54, 1.807) is 24.3 Å². The molecule has 1 saturated heterocycles. The number of sulfonamides is 1. The number of hydrogen-bond donors (Lipinski definition) is 2. The van der Waals surface area contributed by atoms with Crippen LogP contribution >= 0.6 is 23.2 Å². The van der Waals surface area contributed by atoms with E-state index in [1.165, 1.54) is 22.5 Å². The predicted octanol–water partition coefficient (Wildman–Crippen LogP) is 2.78. The van der Waals surface area contributed by atoms with Crippen LogP contribution in [0.4, 0.5) is 0 Å². The fraction of sp³-hybridized carbons (Fsp3) is 0.263. The number of nitrogens with one attached hydrogen (secondary N) is 2. The zero-order chi connectivity index (χ0) is 21.0. The van der Waals surface area contributed by atoms with E-state index in [-0.39, 0.29) is 21.9 Å². The lowest BCUT2D eigenvalue weighted by atomic mass is 10.1. The van der Waals surface area contributed by atoms with Crippen LogP contribution in [-0.2, 0) is 21.2 Å². The van der Waals surface area contributed by atoms with E-state index in [9.17, 15) is 18.0 Å². The molecule has 10 heteroatoms. The number of halogens is 2. The Kier molecular flexibility index (Phi) is 6.79. The maximum atomic E-state index is 12.7. The van der Waals surface area contributed by atoms with E-state index in [0.29, 0.717) is 18.1 Å². The Balaban J connectivity index is 1.67. The van der Waals surface area contributed by atoms with Gasteiger partial charge in [0.15, 0.2) is 0 Å². The van der Waals surface area contributed by atoms with Crippen LogP contribution in [0.5, 0.6) is 0 Å². The van der Waals surface area contributed by atoms with Crippen molar-refractivity contribution in [2.45, 2.75) is 24.2 Å². The Hall–Kier alpha value is -2.13. The third kappa shape index (κ3) is 5.27. The summed E-state index contributed by atoms with van der Waals surface area (Å²) in [5, 5.41) is 0.635. The highest BCUT2D eigenvalue weighted by Crippen LogP contribution is 2.25. The number of carbonyl (C=O) groups is 2. The lowest BCUT2D eigenvalue weighted by Gasteiger charge is -2.16. The molecule has 7 nitrogen and oxygen atoms in total. The summed E-state index contributed by atoms with van der Waals surface area (Å²) in [6, 6.07) is 10.7. The predicted molar refractivity (Wildman–Crippen MR) is 110 cm³/mol. The molecule has 154 valence electrons. The fourth-order valence-corrected chi connectivity index (χ4v) is 4.82. The zero-order valence-corrected chi connectivity index (χ0v) is 17.6. The van der Waals surface area contributed by atoms with Gasteiger partial charge in [0.25, 0.3) is 5.91 Å². The van der Waals surface area contributed by atoms with Crippen molar-refractivity contribution in [2.24, 2.45) is 0 Å². The number of amides is 2. The molecule has 0 aliphatic carbocycles. The van der Waals surface area contributed by atoms with Gasteiger partial charge in [-0.3, -0.25) is 20.4 Å². The molecule has 0 saturated carbocycles. The van der Waals surface area contributed by atoms with Gasteiger partial charge in [-0.15, -0.1) is 0 Å². The standard InChI is InChI=1S/C19H19Cl2N3O4S/c20-14-5-3-13(4-6-14)11-18(25)22-23-19(26)16-12-15(7-8-17(16)21)29(27,28)24-9-1-2-10-24/h3-8,12H,1-2,9-11H2,(H,22,25)(H,23,26). The molecule has 2 aromatic rings. The molecule has 29 heavy (non-hydrogen) atoms. The summed E-state index contributed by atoms with van der Waals surface area (Å²) in [6.07, 6.45) is 1.65. The maximum Gasteiger partial charge on any atom is 0.271 e. The van der Waals surface area contributed by atoms with Crippen molar-refractivity contribution in [1.29, 1.82) is 0 Å². The lowest BCUT2D eigenvalue weighted by molar-refractivity contribution is -0.121. The van der Waals surface area contributed by atoms with Crippen LogP contribution < -0.4 is 10.9 Å². The molecule has 2 amide bonds. The van der Waals surface area contributed by atoms with Gasteiger partial charge in [-0.05, 0) is 48.7 Å². The van der Waals surface area contributed by atoms with Gasteiger partial charge in [-0.2, -0.15) is 4.31 Å². The summed E-state index contributed by atoms with van der Waals surface area (Å²) < 4.78 is 26.8.